The van der Waals surface area contributed by atoms with Crippen LogP contribution in [0.4, 0.5) is 0 Å². The highest BCUT2D eigenvalue weighted by Crippen LogP contribution is 2.20. The minimum absolute atomic E-state index is 0.0280. The van der Waals surface area contributed by atoms with Crippen molar-refractivity contribution in [2.45, 2.75) is 26.4 Å². The van der Waals surface area contributed by atoms with Crippen molar-refractivity contribution in [3.05, 3.63) is 35.2 Å². The molecule has 1 atom stereocenters. The predicted octanol–water partition coefficient (Wildman–Crippen LogP) is 0.619. The summed E-state index contributed by atoms with van der Waals surface area (Å²) in [6.45, 7) is 5.11. The van der Waals surface area contributed by atoms with Crippen molar-refractivity contribution >= 4 is 5.91 Å². The molecule has 1 aliphatic rings. The van der Waals surface area contributed by atoms with Crippen LogP contribution in [-0.4, -0.2) is 50.8 Å². The van der Waals surface area contributed by atoms with Gasteiger partial charge in [0.15, 0.2) is 5.82 Å². The first-order chi connectivity index (χ1) is 10.6. The van der Waals surface area contributed by atoms with Crippen LogP contribution in [0, 0.1) is 13.8 Å². The molecule has 2 aromatic heterocycles. The van der Waals surface area contributed by atoms with Gasteiger partial charge in [-0.3, -0.25) is 4.79 Å². The van der Waals surface area contributed by atoms with Gasteiger partial charge < -0.3 is 9.64 Å². The lowest BCUT2D eigenvalue weighted by Crippen LogP contribution is -2.43. The van der Waals surface area contributed by atoms with Gasteiger partial charge in [-0.2, -0.15) is 0 Å². The molecule has 1 saturated heterocycles. The second kappa shape index (κ2) is 6.18. The minimum atomic E-state index is -0.297. The topological polar surface area (TPSA) is 94.2 Å². The van der Waals surface area contributed by atoms with Gasteiger partial charge in [0.1, 0.15) is 17.5 Å². The van der Waals surface area contributed by atoms with Crippen molar-refractivity contribution < 1.29 is 14.2 Å². The van der Waals surface area contributed by atoms with Crippen molar-refractivity contribution in [2.75, 3.05) is 19.7 Å². The molecule has 2 aromatic rings. The Balaban J connectivity index is 1.67. The summed E-state index contributed by atoms with van der Waals surface area (Å²) in [5.74, 6) is 0.580. The summed E-state index contributed by atoms with van der Waals surface area (Å²) >= 11 is 0. The molecular formula is C14H17N5O3. The summed E-state index contributed by atoms with van der Waals surface area (Å²) in [5.41, 5.74) is 2.08. The zero-order valence-electron chi connectivity index (χ0n) is 12.5. The van der Waals surface area contributed by atoms with Crippen LogP contribution in [0.15, 0.2) is 16.9 Å². The second-order valence-corrected chi connectivity index (χ2v) is 5.23. The van der Waals surface area contributed by atoms with Gasteiger partial charge in [-0.25, -0.2) is 14.6 Å². The third-order valence-corrected chi connectivity index (χ3v) is 3.59. The van der Waals surface area contributed by atoms with Gasteiger partial charge >= 0.3 is 0 Å². The average Bonchev–Trinajstić information content (AvgIpc) is 2.92. The van der Waals surface area contributed by atoms with Crippen molar-refractivity contribution in [1.29, 1.82) is 0 Å². The van der Waals surface area contributed by atoms with E-state index in [1.807, 2.05) is 13.0 Å². The van der Waals surface area contributed by atoms with E-state index in [-0.39, 0.29) is 18.4 Å². The molecule has 0 radical (unpaired) electrons. The smallest absolute Gasteiger partial charge is 0.228 e. The molecule has 3 rings (SSSR count). The zero-order chi connectivity index (χ0) is 15.5. The molecular weight excluding hydrogens is 286 g/mol. The highest BCUT2D eigenvalue weighted by atomic mass is 16.6. The van der Waals surface area contributed by atoms with Gasteiger partial charge in [-0.15, -0.1) is 0 Å². The zero-order valence-corrected chi connectivity index (χ0v) is 12.5. The largest absolute Gasteiger partial charge is 0.367 e. The Kier molecular flexibility index (Phi) is 4.10. The Morgan fingerprint density at radius 3 is 3.00 bits per heavy atom. The third kappa shape index (κ3) is 3.11. The van der Waals surface area contributed by atoms with Crippen LogP contribution >= 0.6 is 0 Å². The molecule has 116 valence electrons. The van der Waals surface area contributed by atoms with Gasteiger partial charge in [0, 0.05) is 18.4 Å². The number of morpholine rings is 1. The quantitative estimate of drug-likeness (QED) is 0.820. The number of aryl methyl sites for hydroxylation is 2. The van der Waals surface area contributed by atoms with Crippen LogP contribution in [0.25, 0.3) is 0 Å². The first-order valence-electron chi connectivity index (χ1n) is 7.10. The lowest BCUT2D eigenvalue weighted by atomic mass is 10.2. The number of hydrogen-bond acceptors (Lipinski definition) is 7. The number of rotatable bonds is 3. The highest BCUT2D eigenvalue weighted by molar-refractivity contribution is 5.78. The summed E-state index contributed by atoms with van der Waals surface area (Å²) < 4.78 is 10.3. The van der Waals surface area contributed by atoms with Crippen LogP contribution in [0.1, 0.15) is 29.0 Å². The number of aromatic nitrogens is 4. The van der Waals surface area contributed by atoms with Crippen molar-refractivity contribution in [2.24, 2.45) is 0 Å². The molecule has 0 N–H and O–H groups in total. The summed E-state index contributed by atoms with van der Waals surface area (Å²) in [6.07, 6.45) is 1.58. The third-order valence-electron chi connectivity index (χ3n) is 3.59. The number of nitrogens with zero attached hydrogens (tertiary/aromatic N) is 5. The lowest BCUT2D eigenvalue weighted by molar-refractivity contribution is -0.138. The molecule has 8 nitrogen and oxygen atoms in total. The Morgan fingerprint density at radius 2 is 2.27 bits per heavy atom. The fourth-order valence-corrected chi connectivity index (χ4v) is 2.32. The summed E-state index contributed by atoms with van der Waals surface area (Å²) in [5, 5.41) is 7.44. The molecule has 8 heteroatoms. The number of ether oxygens (including phenoxy) is 1. The molecule has 22 heavy (non-hydrogen) atoms. The normalized spacial score (nSPS) is 18.5. The van der Waals surface area contributed by atoms with Gasteiger partial charge in [-0.1, -0.05) is 10.3 Å². The Bertz CT molecular complexity index is 672. The number of carbonyl (C=O) groups is 1. The van der Waals surface area contributed by atoms with E-state index in [1.165, 1.54) is 0 Å². The van der Waals surface area contributed by atoms with E-state index in [2.05, 4.69) is 24.9 Å². The Hall–Kier alpha value is -2.35. The Labute approximate surface area is 127 Å². The minimum Gasteiger partial charge on any atom is -0.367 e. The van der Waals surface area contributed by atoms with E-state index in [1.54, 1.807) is 18.0 Å². The molecule has 0 saturated carbocycles. The Morgan fingerprint density at radius 1 is 1.41 bits per heavy atom. The molecule has 3 heterocycles. The number of amides is 1. The first kappa shape index (κ1) is 14.6. The molecule has 0 aliphatic carbocycles. The predicted molar refractivity (Wildman–Crippen MR) is 74.8 cm³/mol. The first-order valence-corrected chi connectivity index (χ1v) is 7.10. The molecule has 0 aromatic carbocycles. The number of carbonyl (C=O) groups excluding carboxylic acids is 1. The van der Waals surface area contributed by atoms with E-state index in [0.29, 0.717) is 36.9 Å². The molecule has 0 bridgehead atoms. The monoisotopic (exact) mass is 303 g/mol. The molecule has 1 amide bonds. The fourth-order valence-electron chi connectivity index (χ4n) is 2.32. The maximum absolute atomic E-state index is 12.4. The number of hydrogen-bond donors (Lipinski definition) is 0. The molecule has 1 fully saturated rings. The van der Waals surface area contributed by atoms with Crippen LogP contribution < -0.4 is 0 Å². The van der Waals surface area contributed by atoms with Crippen molar-refractivity contribution in [3.8, 4) is 0 Å². The maximum atomic E-state index is 12.4. The van der Waals surface area contributed by atoms with Gasteiger partial charge in [0.25, 0.3) is 0 Å². The van der Waals surface area contributed by atoms with E-state index in [0.717, 1.165) is 5.69 Å². The molecule has 1 aliphatic heterocycles. The average molecular weight is 303 g/mol. The summed E-state index contributed by atoms with van der Waals surface area (Å²) in [4.78, 5) is 22.7. The van der Waals surface area contributed by atoms with Crippen LogP contribution in [0.5, 0.6) is 0 Å². The van der Waals surface area contributed by atoms with E-state index < -0.39 is 0 Å². The van der Waals surface area contributed by atoms with Gasteiger partial charge in [0.2, 0.25) is 5.91 Å². The second-order valence-electron chi connectivity index (χ2n) is 5.23. The molecule has 0 unspecified atom stereocenters. The lowest BCUT2D eigenvalue weighted by Gasteiger charge is -2.32. The van der Waals surface area contributed by atoms with Crippen LogP contribution in [0.3, 0.4) is 0 Å². The van der Waals surface area contributed by atoms with E-state index >= 15 is 0 Å². The summed E-state index contributed by atoms with van der Waals surface area (Å²) in [7, 11) is 0. The standard InChI is InChI=1S/C14H17N5O3/c1-9-3-4-15-14(16-9)12-8-19(5-6-21-12)13(20)7-11-10(2)17-22-18-11/h3-4,12H,5-8H2,1-2H3/t12-/m0/s1. The van der Waals surface area contributed by atoms with Crippen LogP contribution in [0.2, 0.25) is 0 Å². The van der Waals surface area contributed by atoms with Crippen molar-refractivity contribution in [1.82, 2.24) is 25.2 Å². The molecule has 0 spiro atoms. The maximum Gasteiger partial charge on any atom is 0.228 e. The van der Waals surface area contributed by atoms with E-state index in [9.17, 15) is 4.79 Å². The fraction of sp³-hybridized carbons (Fsp3) is 0.500. The summed E-state index contributed by atoms with van der Waals surface area (Å²) in [6, 6.07) is 1.83. The van der Waals surface area contributed by atoms with Crippen LogP contribution in [-0.2, 0) is 16.0 Å². The van der Waals surface area contributed by atoms with Gasteiger partial charge in [0.05, 0.1) is 19.6 Å². The highest BCUT2D eigenvalue weighted by Gasteiger charge is 2.28. The van der Waals surface area contributed by atoms with E-state index in [4.69, 9.17) is 4.74 Å². The SMILES string of the molecule is Cc1ccnc([C@@H]2CN(C(=O)Cc3nonc3C)CCO2)n1. The van der Waals surface area contributed by atoms with Crippen molar-refractivity contribution in [3.63, 3.8) is 0 Å². The van der Waals surface area contributed by atoms with Gasteiger partial charge in [-0.05, 0) is 19.9 Å².